The van der Waals surface area contributed by atoms with Gasteiger partial charge in [-0.2, -0.15) is 0 Å². The van der Waals surface area contributed by atoms with Gasteiger partial charge in [-0.25, -0.2) is 14.8 Å². The number of benzene rings is 2. The maximum Gasteiger partial charge on any atom is 0.340 e. The van der Waals surface area contributed by atoms with E-state index in [1.807, 2.05) is 30.3 Å². The van der Waals surface area contributed by atoms with Crippen LogP contribution in [0.2, 0.25) is 0 Å². The molecule has 0 unspecified atom stereocenters. The molecule has 4 N–H and O–H groups in total. The molecule has 28 heavy (non-hydrogen) atoms. The topological polar surface area (TPSA) is 123 Å². The van der Waals surface area contributed by atoms with Gasteiger partial charge in [0.05, 0.1) is 23.0 Å². The third-order valence-corrected chi connectivity index (χ3v) is 4.20. The number of fused-ring (bicyclic) bond motifs is 2. The van der Waals surface area contributed by atoms with Gasteiger partial charge in [0.15, 0.2) is 0 Å². The van der Waals surface area contributed by atoms with Crippen LogP contribution in [0.25, 0.3) is 21.8 Å². The minimum absolute atomic E-state index is 0.0227. The first-order chi connectivity index (χ1) is 13.6. The van der Waals surface area contributed by atoms with E-state index in [9.17, 15) is 9.59 Å². The van der Waals surface area contributed by atoms with Crippen molar-refractivity contribution in [3.63, 3.8) is 0 Å². The number of para-hydroxylation sites is 1. The van der Waals surface area contributed by atoms with Crippen LogP contribution in [-0.4, -0.2) is 33.4 Å². The zero-order valence-corrected chi connectivity index (χ0v) is 14.8. The lowest BCUT2D eigenvalue weighted by molar-refractivity contribution is -0.118. The lowest BCUT2D eigenvalue weighted by Gasteiger charge is -2.04. The number of imidazole rings is 1. The fraction of sp³-hybridized carbons (Fsp3) is 0.100. The van der Waals surface area contributed by atoms with Crippen LogP contribution in [0, 0.1) is 0 Å². The molecule has 2 heterocycles. The van der Waals surface area contributed by atoms with Crippen molar-refractivity contribution < 1.29 is 14.3 Å². The van der Waals surface area contributed by atoms with Crippen molar-refractivity contribution in [1.29, 1.82) is 0 Å². The van der Waals surface area contributed by atoms with Gasteiger partial charge in [-0.3, -0.25) is 4.79 Å². The van der Waals surface area contributed by atoms with Crippen LogP contribution >= 0.6 is 0 Å². The van der Waals surface area contributed by atoms with E-state index in [2.05, 4.69) is 20.3 Å². The Morgan fingerprint density at radius 3 is 2.75 bits per heavy atom. The summed E-state index contributed by atoms with van der Waals surface area (Å²) in [4.78, 5) is 35.0. The molecule has 4 aromatic rings. The molecule has 0 radical (unpaired) electrons. The second kappa shape index (κ2) is 7.36. The maximum atomic E-state index is 12.3. The quantitative estimate of drug-likeness (QED) is 0.445. The number of carbonyl (C=O) groups excluding carboxylic acids is 2. The van der Waals surface area contributed by atoms with Gasteiger partial charge >= 0.3 is 5.97 Å². The summed E-state index contributed by atoms with van der Waals surface area (Å²) >= 11 is 0. The number of carbonyl (C=O) groups is 2. The van der Waals surface area contributed by atoms with E-state index in [1.54, 1.807) is 24.4 Å². The molecule has 1 amide bonds. The van der Waals surface area contributed by atoms with Gasteiger partial charge in [-0.05, 0) is 23.6 Å². The molecule has 2 aromatic carbocycles. The predicted octanol–water partition coefficient (Wildman–Crippen LogP) is 2.89. The fourth-order valence-electron chi connectivity index (χ4n) is 2.86. The molecule has 0 atom stereocenters. The smallest absolute Gasteiger partial charge is 0.340 e. The number of hydrogen-bond donors (Lipinski definition) is 3. The second-order valence-electron chi connectivity index (χ2n) is 6.18. The third-order valence-electron chi connectivity index (χ3n) is 4.20. The highest BCUT2D eigenvalue weighted by atomic mass is 16.5. The summed E-state index contributed by atoms with van der Waals surface area (Å²) < 4.78 is 5.10. The highest BCUT2D eigenvalue weighted by Crippen LogP contribution is 2.23. The Kier molecular flexibility index (Phi) is 4.59. The van der Waals surface area contributed by atoms with Crippen molar-refractivity contribution in [3.05, 3.63) is 60.3 Å². The zero-order valence-electron chi connectivity index (χ0n) is 14.8. The summed E-state index contributed by atoms with van der Waals surface area (Å²) in [7, 11) is 0. The Morgan fingerprint density at radius 1 is 1.11 bits per heavy atom. The van der Waals surface area contributed by atoms with Gasteiger partial charge in [0.1, 0.15) is 12.4 Å². The Hall–Kier alpha value is -3.94. The molecule has 8 heteroatoms. The van der Waals surface area contributed by atoms with Crippen LogP contribution in [-0.2, 0) is 9.53 Å². The molecule has 0 saturated heterocycles. The SMILES string of the molecule is NC(=O)CCOC(=O)c1cccc2nc(Nc3cc4ccccc4cn3)[nH]c12. The zero-order chi connectivity index (χ0) is 19.5. The fourth-order valence-corrected chi connectivity index (χ4v) is 2.86. The third kappa shape index (κ3) is 3.61. The van der Waals surface area contributed by atoms with E-state index >= 15 is 0 Å². The monoisotopic (exact) mass is 375 g/mol. The molecule has 8 nitrogen and oxygen atoms in total. The Morgan fingerprint density at radius 2 is 1.93 bits per heavy atom. The molecule has 0 spiro atoms. The standard InChI is InChI=1S/C20H17N5O3/c21-16(26)8-9-28-19(27)14-6-3-7-15-18(14)25-20(23-15)24-17-10-12-4-1-2-5-13(12)11-22-17/h1-7,10-11H,8-9H2,(H2,21,26)(H2,22,23,24,25). The lowest BCUT2D eigenvalue weighted by Crippen LogP contribution is -2.15. The van der Waals surface area contributed by atoms with Crippen LogP contribution < -0.4 is 11.1 Å². The number of nitrogens with zero attached hydrogens (tertiary/aromatic N) is 2. The molecule has 4 rings (SSSR count). The van der Waals surface area contributed by atoms with E-state index in [-0.39, 0.29) is 13.0 Å². The number of anilines is 2. The van der Waals surface area contributed by atoms with Crippen LogP contribution in [0.1, 0.15) is 16.8 Å². The van der Waals surface area contributed by atoms with Crippen molar-refractivity contribution in [3.8, 4) is 0 Å². The van der Waals surface area contributed by atoms with Gasteiger partial charge in [0.2, 0.25) is 11.9 Å². The number of H-pyrrole nitrogens is 1. The van der Waals surface area contributed by atoms with Gasteiger partial charge in [0.25, 0.3) is 0 Å². The summed E-state index contributed by atoms with van der Waals surface area (Å²) in [6.45, 7) is -0.0647. The molecule has 140 valence electrons. The average Bonchev–Trinajstić information content (AvgIpc) is 3.09. The summed E-state index contributed by atoms with van der Waals surface area (Å²) in [5.41, 5.74) is 6.53. The van der Waals surface area contributed by atoms with Crippen LogP contribution in [0.4, 0.5) is 11.8 Å². The number of rotatable bonds is 6. The van der Waals surface area contributed by atoms with Crippen molar-refractivity contribution in [2.45, 2.75) is 6.42 Å². The van der Waals surface area contributed by atoms with E-state index in [4.69, 9.17) is 10.5 Å². The lowest BCUT2D eigenvalue weighted by atomic mass is 10.2. The number of nitrogens with one attached hydrogen (secondary N) is 2. The molecule has 0 saturated carbocycles. The number of aromatic amines is 1. The predicted molar refractivity (Wildman–Crippen MR) is 105 cm³/mol. The van der Waals surface area contributed by atoms with Gasteiger partial charge in [0, 0.05) is 11.6 Å². The largest absolute Gasteiger partial charge is 0.461 e. The maximum absolute atomic E-state index is 12.3. The Labute approximate surface area is 159 Å². The molecule has 0 aliphatic carbocycles. The van der Waals surface area contributed by atoms with Crippen molar-refractivity contribution in [2.75, 3.05) is 11.9 Å². The van der Waals surface area contributed by atoms with Crippen LogP contribution in [0.5, 0.6) is 0 Å². The first kappa shape index (κ1) is 17.5. The molecule has 0 aliphatic heterocycles. The summed E-state index contributed by atoms with van der Waals surface area (Å²) in [6.07, 6.45) is 1.76. The second-order valence-corrected chi connectivity index (χ2v) is 6.18. The number of primary amides is 1. The molecule has 0 bridgehead atoms. The molecular weight excluding hydrogens is 358 g/mol. The molecule has 0 aliphatic rings. The molecule has 0 fully saturated rings. The van der Waals surface area contributed by atoms with Gasteiger partial charge in [-0.1, -0.05) is 30.3 Å². The molecule has 2 aromatic heterocycles. The highest BCUT2D eigenvalue weighted by molar-refractivity contribution is 6.02. The number of hydrogen-bond acceptors (Lipinski definition) is 6. The number of nitrogens with two attached hydrogens (primary N) is 1. The minimum Gasteiger partial charge on any atom is -0.461 e. The van der Waals surface area contributed by atoms with Crippen molar-refractivity contribution in [1.82, 2.24) is 15.0 Å². The minimum atomic E-state index is -0.550. The van der Waals surface area contributed by atoms with E-state index in [0.717, 1.165) is 10.8 Å². The molecular formula is C20H17N5O3. The van der Waals surface area contributed by atoms with Gasteiger partial charge < -0.3 is 20.8 Å². The normalized spacial score (nSPS) is 10.9. The van der Waals surface area contributed by atoms with Crippen molar-refractivity contribution in [2.24, 2.45) is 5.73 Å². The van der Waals surface area contributed by atoms with E-state index in [1.165, 1.54) is 0 Å². The average molecular weight is 375 g/mol. The number of esters is 1. The summed E-state index contributed by atoms with van der Waals surface area (Å²) in [5, 5.41) is 5.21. The number of ether oxygens (including phenoxy) is 1. The Balaban J connectivity index is 1.58. The first-order valence-electron chi connectivity index (χ1n) is 8.66. The van der Waals surface area contributed by atoms with E-state index < -0.39 is 11.9 Å². The number of pyridine rings is 1. The Bertz CT molecular complexity index is 1180. The summed E-state index contributed by atoms with van der Waals surface area (Å²) in [5.74, 6) is 0.00584. The van der Waals surface area contributed by atoms with Crippen molar-refractivity contribution >= 4 is 45.4 Å². The first-order valence-corrected chi connectivity index (χ1v) is 8.66. The summed E-state index contributed by atoms with van der Waals surface area (Å²) in [6, 6.07) is 15.0. The van der Waals surface area contributed by atoms with Crippen LogP contribution in [0.15, 0.2) is 54.7 Å². The van der Waals surface area contributed by atoms with Gasteiger partial charge in [-0.15, -0.1) is 0 Å². The highest BCUT2D eigenvalue weighted by Gasteiger charge is 2.15. The number of amides is 1. The number of aromatic nitrogens is 3. The van der Waals surface area contributed by atoms with Crippen LogP contribution in [0.3, 0.4) is 0 Å². The van der Waals surface area contributed by atoms with E-state index in [0.29, 0.717) is 28.4 Å².